The van der Waals surface area contributed by atoms with Gasteiger partial charge in [-0.05, 0) is 6.07 Å². The van der Waals surface area contributed by atoms with Crippen LogP contribution >= 0.6 is 0 Å². The van der Waals surface area contributed by atoms with E-state index in [2.05, 4.69) is 10.4 Å². The van der Waals surface area contributed by atoms with E-state index in [1.54, 1.807) is 6.20 Å². The highest BCUT2D eigenvalue weighted by molar-refractivity contribution is 5.78. The summed E-state index contributed by atoms with van der Waals surface area (Å²) in [6.45, 7) is 4.64. The number of hydrogen-bond acceptors (Lipinski definition) is 4. The van der Waals surface area contributed by atoms with E-state index in [0.717, 1.165) is 13.1 Å². The number of amides is 1. The molecule has 6 heteroatoms. The predicted molar refractivity (Wildman–Crippen MR) is 62.5 cm³/mol. The summed E-state index contributed by atoms with van der Waals surface area (Å²) in [6.07, 6.45) is 3.66. The highest BCUT2D eigenvalue weighted by Crippen LogP contribution is 1.96. The molecule has 94 valence electrons. The molecule has 0 unspecified atom stereocenters. The highest BCUT2D eigenvalue weighted by atomic mass is 16.5. The number of carbonyl (C=O) groups is 1. The van der Waals surface area contributed by atoms with E-state index in [-0.39, 0.29) is 5.91 Å². The summed E-state index contributed by atoms with van der Waals surface area (Å²) in [5.74, 6) is 0.147. The molecule has 0 aromatic carbocycles. The number of carbonyl (C=O) groups excluding carboxylic acids is 1. The van der Waals surface area contributed by atoms with Crippen molar-refractivity contribution in [2.45, 2.75) is 6.54 Å². The maximum Gasteiger partial charge on any atom is 0.236 e. The first-order valence-electron chi connectivity index (χ1n) is 5.90. The van der Waals surface area contributed by atoms with E-state index in [0.29, 0.717) is 32.8 Å². The third-order valence-corrected chi connectivity index (χ3v) is 2.72. The average molecular weight is 238 g/mol. The minimum atomic E-state index is 0.147. The van der Waals surface area contributed by atoms with Gasteiger partial charge in [-0.15, -0.1) is 0 Å². The molecule has 0 saturated carbocycles. The Labute approximate surface area is 101 Å². The molecule has 1 aromatic rings. The van der Waals surface area contributed by atoms with Crippen LogP contribution in [-0.4, -0.2) is 60.0 Å². The molecule has 0 bridgehead atoms. The molecule has 6 nitrogen and oxygen atoms in total. The Morgan fingerprint density at radius 2 is 2.24 bits per heavy atom. The monoisotopic (exact) mass is 238 g/mol. The van der Waals surface area contributed by atoms with Crippen molar-refractivity contribution in [3.63, 3.8) is 0 Å². The molecule has 0 radical (unpaired) electrons. The molecule has 1 aliphatic heterocycles. The Bertz CT molecular complexity index is 333. The van der Waals surface area contributed by atoms with E-state index in [1.165, 1.54) is 0 Å². The maximum atomic E-state index is 11.7. The fourth-order valence-corrected chi connectivity index (χ4v) is 1.75. The SMILES string of the molecule is O=C(CNCCn1cccn1)N1CCOCC1. The summed E-state index contributed by atoms with van der Waals surface area (Å²) < 4.78 is 7.04. The first-order valence-corrected chi connectivity index (χ1v) is 5.90. The van der Waals surface area contributed by atoms with E-state index < -0.39 is 0 Å². The molecule has 1 aromatic heterocycles. The van der Waals surface area contributed by atoms with Gasteiger partial charge in [0.05, 0.1) is 26.3 Å². The number of nitrogens with zero attached hydrogens (tertiary/aromatic N) is 3. The van der Waals surface area contributed by atoms with Crippen molar-refractivity contribution in [3.8, 4) is 0 Å². The van der Waals surface area contributed by atoms with Crippen LogP contribution in [0.2, 0.25) is 0 Å². The predicted octanol–water partition coefficient (Wildman–Crippen LogP) is -0.668. The molecule has 17 heavy (non-hydrogen) atoms. The largest absolute Gasteiger partial charge is 0.378 e. The first kappa shape index (κ1) is 12.1. The lowest BCUT2D eigenvalue weighted by Crippen LogP contribution is -2.45. The molecule has 1 fully saturated rings. The van der Waals surface area contributed by atoms with Crippen LogP contribution < -0.4 is 5.32 Å². The first-order chi connectivity index (χ1) is 8.36. The Hall–Kier alpha value is -1.40. The summed E-state index contributed by atoms with van der Waals surface area (Å²) in [7, 11) is 0. The maximum absolute atomic E-state index is 11.7. The Morgan fingerprint density at radius 3 is 2.94 bits per heavy atom. The molecule has 0 atom stereocenters. The van der Waals surface area contributed by atoms with Crippen LogP contribution in [0.25, 0.3) is 0 Å². The lowest BCUT2D eigenvalue weighted by molar-refractivity contribution is -0.134. The topological polar surface area (TPSA) is 59.4 Å². The van der Waals surface area contributed by atoms with Crippen molar-refractivity contribution >= 4 is 5.91 Å². The number of hydrogen-bond donors (Lipinski definition) is 1. The van der Waals surface area contributed by atoms with E-state index in [4.69, 9.17) is 4.74 Å². The Balaban J connectivity index is 1.59. The summed E-state index contributed by atoms with van der Waals surface area (Å²) in [5, 5.41) is 7.22. The summed E-state index contributed by atoms with van der Waals surface area (Å²) in [4.78, 5) is 13.6. The smallest absolute Gasteiger partial charge is 0.236 e. The van der Waals surface area contributed by atoms with Gasteiger partial charge >= 0.3 is 0 Å². The van der Waals surface area contributed by atoms with Gasteiger partial charge in [-0.3, -0.25) is 9.48 Å². The van der Waals surface area contributed by atoms with Gasteiger partial charge < -0.3 is 15.0 Å². The van der Waals surface area contributed by atoms with Crippen LogP contribution in [0.15, 0.2) is 18.5 Å². The van der Waals surface area contributed by atoms with Crippen molar-refractivity contribution < 1.29 is 9.53 Å². The fourth-order valence-electron chi connectivity index (χ4n) is 1.75. The van der Waals surface area contributed by atoms with E-state index in [1.807, 2.05) is 21.8 Å². The second-order valence-electron chi connectivity index (χ2n) is 3.94. The Kier molecular flexibility index (Phi) is 4.52. The van der Waals surface area contributed by atoms with Gasteiger partial charge in [0.25, 0.3) is 0 Å². The van der Waals surface area contributed by atoms with Gasteiger partial charge in [0.15, 0.2) is 0 Å². The minimum absolute atomic E-state index is 0.147. The molecule has 2 heterocycles. The Morgan fingerprint density at radius 1 is 1.41 bits per heavy atom. The summed E-state index contributed by atoms with van der Waals surface area (Å²) in [6, 6.07) is 1.89. The zero-order chi connectivity index (χ0) is 11.9. The average Bonchev–Trinajstić information content (AvgIpc) is 2.88. The normalized spacial score (nSPS) is 16.1. The highest BCUT2D eigenvalue weighted by Gasteiger charge is 2.15. The van der Waals surface area contributed by atoms with Crippen LogP contribution in [0.1, 0.15) is 0 Å². The minimum Gasteiger partial charge on any atom is -0.378 e. The van der Waals surface area contributed by atoms with Gasteiger partial charge in [0.1, 0.15) is 0 Å². The molecular weight excluding hydrogens is 220 g/mol. The fraction of sp³-hybridized carbons (Fsp3) is 0.636. The molecular formula is C11H18N4O2. The van der Waals surface area contributed by atoms with Crippen LogP contribution in [0, 0.1) is 0 Å². The standard InChI is InChI=1S/C11H18N4O2/c16-11(14-6-8-17-9-7-14)10-12-3-5-15-4-1-2-13-15/h1-2,4,12H,3,5-10H2. The molecule has 0 aliphatic carbocycles. The number of rotatable bonds is 5. The van der Waals surface area contributed by atoms with Gasteiger partial charge in [0, 0.05) is 32.0 Å². The third-order valence-electron chi connectivity index (χ3n) is 2.72. The second-order valence-corrected chi connectivity index (χ2v) is 3.94. The van der Waals surface area contributed by atoms with E-state index in [9.17, 15) is 4.79 Å². The molecule has 1 saturated heterocycles. The van der Waals surface area contributed by atoms with Crippen LogP contribution in [0.5, 0.6) is 0 Å². The van der Waals surface area contributed by atoms with Crippen molar-refractivity contribution in [2.75, 3.05) is 39.4 Å². The molecule has 1 aliphatic rings. The van der Waals surface area contributed by atoms with Crippen molar-refractivity contribution in [1.29, 1.82) is 0 Å². The van der Waals surface area contributed by atoms with Crippen LogP contribution in [0.3, 0.4) is 0 Å². The molecule has 0 spiro atoms. The quantitative estimate of drug-likeness (QED) is 0.691. The van der Waals surface area contributed by atoms with Crippen molar-refractivity contribution in [2.24, 2.45) is 0 Å². The lowest BCUT2D eigenvalue weighted by atomic mass is 10.4. The summed E-state index contributed by atoms with van der Waals surface area (Å²) >= 11 is 0. The van der Waals surface area contributed by atoms with Gasteiger partial charge in [0.2, 0.25) is 5.91 Å². The van der Waals surface area contributed by atoms with Gasteiger partial charge in [-0.1, -0.05) is 0 Å². The summed E-state index contributed by atoms with van der Waals surface area (Å²) in [5.41, 5.74) is 0. The van der Waals surface area contributed by atoms with E-state index >= 15 is 0 Å². The van der Waals surface area contributed by atoms with Crippen LogP contribution in [0.4, 0.5) is 0 Å². The molecule has 1 amide bonds. The molecule has 2 rings (SSSR count). The number of morpholine rings is 1. The van der Waals surface area contributed by atoms with Crippen LogP contribution in [-0.2, 0) is 16.1 Å². The van der Waals surface area contributed by atoms with Crippen molar-refractivity contribution in [1.82, 2.24) is 20.0 Å². The zero-order valence-corrected chi connectivity index (χ0v) is 9.84. The second kappa shape index (κ2) is 6.36. The molecule has 1 N–H and O–H groups in total. The zero-order valence-electron chi connectivity index (χ0n) is 9.84. The van der Waals surface area contributed by atoms with Gasteiger partial charge in [-0.25, -0.2) is 0 Å². The van der Waals surface area contributed by atoms with Crippen molar-refractivity contribution in [3.05, 3.63) is 18.5 Å². The third kappa shape index (κ3) is 3.83. The lowest BCUT2D eigenvalue weighted by Gasteiger charge is -2.26. The number of ether oxygens (including phenoxy) is 1. The van der Waals surface area contributed by atoms with Gasteiger partial charge in [-0.2, -0.15) is 5.10 Å². The number of aromatic nitrogens is 2. The number of nitrogens with one attached hydrogen (secondary N) is 1.